The molecular weight excluding hydrogens is 362 g/mol. The van der Waals surface area contributed by atoms with E-state index in [1.807, 2.05) is 40.9 Å². The maximum Gasteiger partial charge on any atom is 0.274 e. The minimum atomic E-state index is 0.0305. The number of para-hydroxylation sites is 1. The molecule has 29 heavy (non-hydrogen) atoms. The van der Waals surface area contributed by atoms with Crippen LogP contribution in [0.25, 0.3) is 11.3 Å². The van der Waals surface area contributed by atoms with Gasteiger partial charge in [-0.15, -0.1) is 0 Å². The molecule has 2 aromatic carbocycles. The van der Waals surface area contributed by atoms with Crippen LogP contribution < -0.4 is 4.74 Å². The number of aryl methyl sites for hydroxylation is 1. The average molecular weight is 387 g/mol. The lowest BCUT2D eigenvalue weighted by Gasteiger charge is -2.32. The van der Waals surface area contributed by atoms with Crippen molar-refractivity contribution in [3.8, 4) is 17.0 Å². The number of aromatic nitrogens is 2. The molecule has 0 N–H and O–H groups in total. The third-order valence-electron chi connectivity index (χ3n) is 6.13. The Morgan fingerprint density at radius 1 is 1.07 bits per heavy atom. The van der Waals surface area contributed by atoms with E-state index in [2.05, 4.69) is 35.4 Å². The van der Waals surface area contributed by atoms with Crippen LogP contribution in [0.3, 0.4) is 0 Å². The molecule has 1 aromatic heterocycles. The summed E-state index contributed by atoms with van der Waals surface area (Å²) in [7, 11) is 1.91. The van der Waals surface area contributed by atoms with Crippen LogP contribution in [0.2, 0.25) is 0 Å². The molecule has 0 saturated carbocycles. The number of carbonyl (C=O) groups excluding carboxylic acids is 1. The van der Waals surface area contributed by atoms with Crippen molar-refractivity contribution in [3.63, 3.8) is 0 Å². The third-order valence-corrected chi connectivity index (χ3v) is 6.13. The largest absolute Gasteiger partial charge is 0.488 e. The molecule has 0 aliphatic carbocycles. The highest BCUT2D eigenvalue weighted by atomic mass is 16.5. The Balaban J connectivity index is 1.32. The molecule has 0 bridgehead atoms. The highest BCUT2D eigenvalue weighted by Crippen LogP contribution is 2.38. The predicted octanol–water partition coefficient (Wildman–Crippen LogP) is 4.07. The van der Waals surface area contributed by atoms with E-state index in [0.717, 1.165) is 54.9 Å². The zero-order valence-electron chi connectivity index (χ0n) is 16.7. The lowest BCUT2D eigenvalue weighted by atomic mass is 9.90. The molecule has 5 rings (SSSR count). The number of benzene rings is 2. The number of rotatable bonds is 3. The van der Waals surface area contributed by atoms with Gasteiger partial charge in [0.25, 0.3) is 5.91 Å². The lowest BCUT2D eigenvalue weighted by molar-refractivity contribution is 0.0681. The maximum atomic E-state index is 13.3. The maximum absolute atomic E-state index is 13.3. The zero-order valence-corrected chi connectivity index (χ0v) is 16.7. The summed E-state index contributed by atoms with van der Waals surface area (Å²) < 4.78 is 7.73. The predicted molar refractivity (Wildman–Crippen MR) is 112 cm³/mol. The molecule has 5 heteroatoms. The highest BCUT2D eigenvalue weighted by molar-refractivity contribution is 5.96. The van der Waals surface area contributed by atoms with Crippen LogP contribution in [0.1, 0.15) is 34.5 Å². The number of hydrogen-bond acceptors (Lipinski definition) is 3. The summed E-state index contributed by atoms with van der Waals surface area (Å²) in [6, 6.07) is 18.6. The van der Waals surface area contributed by atoms with E-state index in [4.69, 9.17) is 4.74 Å². The SMILES string of the molecule is Cn1nc(C(=O)N2CCC(Cc3ccccc3)CC2)c2c1-c1ccccc1OC2. The summed E-state index contributed by atoms with van der Waals surface area (Å²) in [5, 5.41) is 4.60. The number of carbonyl (C=O) groups is 1. The van der Waals surface area contributed by atoms with Gasteiger partial charge in [0, 0.05) is 31.3 Å². The number of likely N-dealkylation sites (tertiary alicyclic amines) is 1. The molecule has 1 saturated heterocycles. The Morgan fingerprint density at radius 2 is 1.79 bits per heavy atom. The standard InChI is InChI=1S/C24H25N3O2/c1-26-23-19-9-5-6-10-21(19)29-16-20(23)22(25-26)24(28)27-13-11-18(12-14-27)15-17-7-3-2-4-8-17/h2-10,18H,11-16H2,1H3. The second kappa shape index (κ2) is 7.39. The minimum Gasteiger partial charge on any atom is -0.488 e. The molecular formula is C24H25N3O2. The van der Waals surface area contributed by atoms with Crippen LogP contribution in [0.4, 0.5) is 0 Å². The van der Waals surface area contributed by atoms with E-state index in [1.54, 1.807) is 0 Å². The summed E-state index contributed by atoms with van der Waals surface area (Å²) in [6.45, 7) is 1.98. The summed E-state index contributed by atoms with van der Waals surface area (Å²) in [4.78, 5) is 15.2. The molecule has 0 atom stereocenters. The molecule has 3 heterocycles. The van der Waals surface area contributed by atoms with Gasteiger partial charge in [-0.3, -0.25) is 9.48 Å². The first kappa shape index (κ1) is 18.0. The van der Waals surface area contributed by atoms with Gasteiger partial charge in [0.05, 0.1) is 5.69 Å². The fourth-order valence-corrected chi connectivity index (χ4v) is 4.59. The Kier molecular flexibility index (Phi) is 4.58. The van der Waals surface area contributed by atoms with Crippen molar-refractivity contribution in [1.29, 1.82) is 0 Å². The van der Waals surface area contributed by atoms with Gasteiger partial charge in [-0.2, -0.15) is 5.10 Å². The van der Waals surface area contributed by atoms with Crippen molar-refractivity contribution in [2.24, 2.45) is 13.0 Å². The van der Waals surface area contributed by atoms with Gasteiger partial charge in [0.1, 0.15) is 12.4 Å². The van der Waals surface area contributed by atoms with Crippen LogP contribution >= 0.6 is 0 Å². The van der Waals surface area contributed by atoms with Crippen LogP contribution in [-0.4, -0.2) is 33.7 Å². The van der Waals surface area contributed by atoms with E-state index >= 15 is 0 Å². The molecule has 5 nitrogen and oxygen atoms in total. The number of nitrogens with zero attached hydrogens (tertiary/aromatic N) is 3. The van der Waals surface area contributed by atoms with Crippen LogP contribution in [-0.2, 0) is 20.1 Å². The first-order valence-electron chi connectivity index (χ1n) is 10.3. The van der Waals surface area contributed by atoms with Crippen molar-refractivity contribution in [2.75, 3.05) is 13.1 Å². The van der Waals surface area contributed by atoms with Crippen LogP contribution in [0.5, 0.6) is 5.75 Å². The van der Waals surface area contributed by atoms with E-state index in [0.29, 0.717) is 18.2 Å². The van der Waals surface area contributed by atoms with Crippen molar-refractivity contribution in [2.45, 2.75) is 25.9 Å². The van der Waals surface area contributed by atoms with E-state index in [9.17, 15) is 4.79 Å². The van der Waals surface area contributed by atoms with Gasteiger partial charge < -0.3 is 9.64 Å². The molecule has 2 aliphatic heterocycles. The monoisotopic (exact) mass is 387 g/mol. The molecule has 3 aromatic rings. The first-order chi connectivity index (χ1) is 14.2. The number of piperidine rings is 1. The number of ether oxygens (including phenoxy) is 1. The second-order valence-electron chi connectivity index (χ2n) is 8.01. The van der Waals surface area contributed by atoms with Gasteiger partial charge >= 0.3 is 0 Å². The number of fused-ring (bicyclic) bond motifs is 3. The van der Waals surface area contributed by atoms with Crippen LogP contribution in [0, 0.1) is 5.92 Å². The Bertz CT molecular complexity index is 1030. The Labute approximate surface area is 170 Å². The molecule has 0 unspecified atom stereocenters. The van der Waals surface area contributed by atoms with E-state index in [-0.39, 0.29) is 5.91 Å². The fourth-order valence-electron chi connectivity index (χ4n) is 4.59. The zero-order chi connectivity index (χ0) is 19.8. The molecule has 2 aliphatic rings. The van der Waals surface area contributed by atoms with Crippen molar-refractivity contribution in [1.82, 2.24) is 14.7 Å². The molecule has 1 fully saturated rings. The summed E-state index contributed by atoms with van der Waals surface area (Å²) in [5.41, 5.74) is 4.83. The summed E-state index contributed by atoms with van der Waals surface area (Å²) in [6.07, 6.45) is 3.16. The second-order valence-corrected chi connectivity index (χ2v) is 8.01. The number of hydrogen-bond donors (Lipinski definition) is 0. The topological polar surface area (TPSA) is 47.4 Å². The van der Waals surface area contributed by atoms with Gasteiger partial charge in [0.2, 0.25) is 0 Å². The highest BCUT2D eigenvalue weighted by Gasteiger charge is 2.32. The van der Waals surface area contributed by atoms with E-state index in [1.165, 1.54) is 5.56 Å². The van der Waals surface area contributed by atoms with Crippen molar-refractivity contribution in [3.05, 3.63) is 71.4 Å². The van der Waals surface area contributed by atoms with E-state index < -0.39 is 0 Å². The van der Waals surface area contributed by atoms with Crippen molar-refractivity contribution >= 4 is 5.91 Å². The summed E-state index contributed by atoms with van der Waals surface area (Å²) >= 11 is 0. The van der Waals surface area contributed by atoms with Crippen molar-refractivity contribution < 1.29 is 9.53 Å². The smallest absolute Gasteiger partial charge is 0.274 e. The fraction of sp³-hybridized carbons (Fsp3) is 0.333. The molecule has 1 amide bonds. The Morgan fingerprint density at radius 3 is 2.59 bits per heavy atom. The molecule has 148 valence electrons. The molecule has 0 radical (unpaired) electrons. The van der Waals surface area contributed by atoms with Gasteiger partial charge in [0.15, 0.2) is 5.69 Å². The summed E-state index contributed by atoms with van der Waals surface area (Å²) in [5.74, 6) is 1.51. The van der Waals surface area contributed by atoms with Gasteiger partial charge in [-0.05, 0) is 42.9 Å². The average Bonchev–Trinajstić information content (AvgIpc) is 3.11. The number of amides is 1. The lowest BCUT2D eigenvalue weighted by Crippen LogP contribution is -2.39. The third kappa shape index (κ3) is 3.31. The molecule has 0 spiro atoms. The van der Waals surface area contributed by atoms with Crippen LogP contribution in [0.15, 0.2) is 54.6 Å². The normalized spacial score (nSPS) is 16.1. The first-order valence-corrected chi connectivity index (χ1v) is 10.3. The van der Waals surface area contributed by atoms with Gasteiger partial charge in [-0.1, -0.05) is 42.5 Å². The quantitative estimate of drug-likeness (QED) is 0.681. The Hall–Kier alpha value is -3.08. The van der Waals surface area contributed by atoms with Gasteiger partial charge in [-0.25, -0.2) is 0 Å². The minimum absolute atomic E-state index is 0.0305.